The van der Waals surface area contributed by atoms with Crippen LogP contribution in [0.2, 0.25) is 10.0 Å². The summed E-state index contributed by atoms with van der Waals surface area (Å²) in [6.07, 6.45) is -1.29. The molecule has 0 aliphatic carbocycles. The fourth-order valence-electron chi connectivity index (χ4n) is 3.15. The summed E-state index contributed by atoms with van der Waals surface area (Å²) in [4.78, 5) is 13.8. The molecule has 1 heterocycles. The van der Waals surface area contributed by atoms with E-state index in [-0.39, 0.29) is 12.0 Å². The van der Waals surface area contributed by atoms with E-state index in [9.17, 15) is 15.2 Å². The van der Waals surface area contributed by atoms with Crippen LogP contribution in [0.15, 0.2) is 47.4 Å². The number of carboxylic acid groups (broad SMARTS) is 1. The maximum atomic E-state index is 11.6. The second kappa shape index (κ2) is 9.53. The molecule has 1 N–H and O–H groups in total. The normalized spacial score (nSPS) is 19.7. The molecule has 5 nitrogen and oxygen atoms in total. The van der Waals surface area contributed by atoms with Gasteiger partial charge in [-0.25, -0.2) is 4.79 Å². The smallest absolute Gasteiger partial charge is 0.407 e. The molecule has 1 fully saturated rings. The van der Waals surface area contributed by atoms with Crippen LogP contribution in [0.3, 0.4) is 0 Å². The molecule has 2 aromatic rings. The number of carbonyl (C=O) groups is 1. The summed E-state index contributed by atoms with van der Waals surface area (Å²) in [6.45, 7) is 0.943. The molecule has 2 aromatic carbocycles. The molecule has 0 aromatic heterocycles. The van der Waals surface area contributed by atoms with Crippen LogP contribution in [0.4, 0.5) is 4.79 Å². The van der Waals surface area contributed by atoms with E-state index in [0.717, 1.165) is 10.5 Å². The van der Waals surface area contributed by atoms with Crippen molar-refractivity contribution in [3.8, 4) is 6.07 Å². The highest BCUT2D eigenvalue weighted by Gasteiger charge is 2.31. The minimum Gasteiger partial charge on any atom is -0.465 e. The van der Waals surface area contributed by atoms with E-state index in [0.29, 0.717) is 41.1 Å². The topological polar surface area (TPSA) is 73.6 Å². The predicted octanol–water partition coefficient (Wildman–Crippen LogP) is 5.32. The fraction of sp³-hybridized carbons (Fsp3) is 0.300. The van der Waals surface area contributed by atoms with Crippen LogP contribution in [-0.4, -0.2) is 41.5 Å². The van der Waals surface area contributed by atoms with Gasteiger partial charge in [-0.2, -0.15) is 5.26 Å². The Morgan fingerprint density at radius 1 is 1.29 bits per heavy atom. The Morgan fingerprint density at radius 3 is 2.79 bits per heavy atom. The second-order valence-electron chi connectivity index (χ2n) is 6.37. The fourth-order valence-corrected chi connectivity index (χ4v) is 4.57. The zero-order chi connectivity index (χ0) is 20.1. The van der Waals surface area contributed by atoms with E-state index in [1.54, 1.807) is 18.2 Å². The van der Waals surface area contributed by atoms with E-state index in [1.165, 1.54) is 16.7 Å². The first-order valence-electron chi connectivity index (χ1n) is 8.66. The van der Waals surface area contributed by atoms with Gasteiger partial charge in [-0.1, -0.05) is 41.4 Å². The van der Waals surface area contributed by atoms with Crippen molar-refractivity contribution >= 4 is 41.1 Å². The van der Waals surface area contributed by atoms with Crippen LogP contribution in [0.5, 0.6) is 0 Å². The largest absolute Gasteiger partial charge is 0.465 e. The molecule has 28 heavy (non-hydrogen) atoms. The summed E-state index contributed by atoms with van der Waals surface area (Å²) in [5.41, 5.74) is 1.46. The number of amides is 1. The van der Waals surface area contributed by atoms with Crippen LogP contribution in [0, 0.1) is 17.2 Å². The number of hydrogen-bond donors (Lipinski definition) is 1. The molecule has 3 rings (SSSR count). The first kappa shape index (κ1) is 20.8. The van der Waals surface area contributed by atoms with Gasteiger partial charge in [0.05, 0.1) is 28.3 Å². The third kappa shape index (κ3) is 4.92. The number of halogens is 2. The highest BCUT2D eigenvalue weighted by Crippen LogP contribution is 2.36. The molecule has 0 radical (unpaired) electrons. The lowest BCUT2D eigenvalue weighted by molar-refractivity contribution is 0.0372. The van der Waals surface area contributed by atoms with Gasteiger partial charge in [-0.05, 0) is 29.8 Å². The quantitative estimate of drug-likeness (QED) is 0.655. The molecule has 8 heteroatoms. The summed E-state index contributed by atoms with van der Waals surface area (Å²) in [7, 11) is 0. The van der Waals surface area contributed by atoms with Crippen LogP contribution < -0.4 is 0 Å². The third-order valence-corrected chi connectivity index (χ3v) is 6.55. The van der Waals surface area contributed by atoms with Crippen molar-refractivity contribution in [2.75, 3.05) is 25.4 Å². The van der Waals surface area contributed by atoms with Crippen molar-refractivity contribution in [3.05, 3.63) is 63.6 Å². The van der Waals surface area contributed by atoms with Crippen LogP contribution in [0.25, 0.3) is 0 Å². The van der Waals surface area contributed by atoms with E-state index < -0.39 is 6.09 Å². The predicted molar refractivity (Wildman–Crippen MR) is 110 cm³/mol. The standard InChI is InChI=1S/C20H18Cl2N2O3S/c21-16-6-5-13(9-17(16)22)19-15(11-24(20(25)26)7-8-27-19)12-28-18-4-2-1-3-14(18)10-23/h1-6,9,15,19H,7-8,11-12H2,(H,25,26). The summed E-state index contributed by atoms with van der Waals surface area (Å²) < 4.78 is 6.04. The second-order valence-corrected chi connectivity index (χ2v) is 8.25. The minimum atomic E-state index is -0.967. The van der Waals surface area contributed by atoms with Crippen molar-refractivity contribution in [2.24, 2.45) is 5.92 Å². The molecule has 0 saturated carbocycles. The first-order valence-corrected chi connectivity index (χ1v) is 10.4. The molecule has 0 bridgehead atoms. The maximum absolute atomic E-state index is 11.6. The average molecular weight is 437 g/mol. The Morgan fingerprint density at radius 2 is 2.07 bits per heavy atom. The third-order valence-electron chi connectivity index (χ3n) is 4.54. The molecule has 1 amide bonds. The number of benzene rings is 2. The Labute approximate surface area is 177 Å². The van der Waals surface area contributed by atoms with E-state index in [4.69, 9.17) is 27.9 Å². The first-order chi connectivity index (χ1) is 13.5. The Balaban J connectivity index is 1.86. The zero-order valence-electron chi connectivity index (χ0n) is 14.8. The number of nitriles is 1. The van der Waals surface area contributed by atoms with Gasteiger partial charge in [-0.15, -0.1) is 11.8 Å². The molecule has 2 atom stereocenters. The Hall–Kier alpha value is -1.91. The van der Waals surface area contributed by atoms with Gasteiger partial charge in [0.15, 0.2) is 0 Å². The lowest BCUT2D eigenvalue weighted by Gasteiger charge is -2.27. The van der Waals surface area contributed by atoms with Crippen molar-refractivity contribution in [1.82, 2.24) is 4.90 Å². The van der Waals surface area contributed by atoms with Crippen molar-refractivity contribution in [1.29, 1.82) is 5.26 Å². The number of nitrogens with zero attached hydrogens (tertiary/aromatic N) is 2. The average Bonchev–Trinajstić information content (AvgIpc) is 2.91. The van der Waals surface area contributed by atoms with E-state index >= 15 is 0 Å². The summed E-state index contributed by atoms with van der Waals surface area (Å²) in [5.74, 6) is 0.473. The highest BCUT2D eigenvalue weighted by molar-refractivity contribution is 7.99. The zero-order valence-corrected chi connectivity index (χ0v) is 17.2. The van der Waals surface area contributed by atoms with Gasteiger partial charge in [0.25, 0.3) is 0 Å². The van der Waals surface area contributed by atoms with Crippen molar-refractivity contribution in [2.45, 2.75) is 11.0 Å². The van der Waals surface area contributed by atoms with Crippen LogP contribution in [0.1, 0.15) is 17.2 Å². The van der Waals surface area contributed by atoms with Gasteiger partial charge in [-0.3, -0.25) is 0 Å². The molecule has 146 valence electrons. The minimum absolute atomic E-state index is 0.118. The number of ether oxygens (including phenoxy) is 1. The Bertz CT molecular complexity index is 903. The van der Waals surface area contributed by atoms with Gasteiger partial charge in [0.1, 0.15) is 6.07 Å². The van der Waals surface area contributed by atoms with E-state index in [1.807, 2.05) is 24.3 Å². The molecular formula is C20H18Cl2N2O3S. The number of rotatable bonds is 4. The van der Waals surface area contributed by atoms with Crippen molar-refractivity contribution in [3.63, 3.8) is 0 Å². The molecule has 1 aliphatic rings. The van der Waals surface area contributed by atoms with Gasteiger partial charge in [0, 0.05) is 29.7 Å². The highest BCUT2D eigenvalue weighted by atomic mass is 35.5. The molecule has 1 aliphatic heterocycles. The van der Waals surface area contributed by atoms with Gasteiger partial charge < -0.3 is 14.7 Å². The SMILES string of the molecule is N#Cc1ccccc1SCC1CN(C(=O)O)CCOC1c1ccc(Cl)c(Cl)c1. The molecular weight excluding hydrogens is 419 g/mol. The number of thioether (sulfide) groups is 1. The van der Waals surface area contributed by atoms with Crippen LogP contribution >= 0.6 is 35.0 Å². The monoisotopic (exact) mass is 436 g/mol. The summed E-state index contributed by atoms with van der Waals surface area (Å²) in [6, 6.07) is 14.9. The lowest BCUT2D eigenvalue weighted by atomic mass is 9.97. The Kier molecular flexibility index (Phi) is 7.08. The maximum Gasteiger partial charge on any atom is 0.407 e. The van der Waals surface area contributed by atoms with Crippen molar-refractivity contribution < 1.29 is 14.6 Å². The molecule has 1 saturated heterocycles. The summed E-state index contributed by atoms with van der Waals surface area (Å²) in [5, 5.41) is 19.7. The summed E-state index contributed by atoms with van der Waals surface area (Å²) >= 11 is 13.7. The number of hydrogen-bond acceptors (Lipinski definition) is 4. The van der Waals surface area contributed by atoms with Gasteiger partial charge in [0.2, 0.25) is 0 Å². The van der Waals surface area contributed by atoms with Crippen LogP contribution in [-0.2, 0) is 4.74 Å². The van der Waals surface area contributed by atoms with E-state index in [2.05, 4.69) is 6.07 Å². The van der Waals surface area contributed by atoms with Gasteiger partial charge >= 0.3 is 6.09 Å². The molecule has 0 spiro atoms. The lowest BCUT2D eigenvalue weighted by Crippen LogP contribution is -2.35. The molecule has 2 unspecified atom stereocenters.